The van der Waals surface area contributed by atoms with Gasteiger partial charge in [-0.2, -0.15) is 18.2 Å². The Hall–Kier alpha value is -3.09. The number of hydrogen-bond donors (Lipinski definition) is 2. The molecule has 0 bridgehead atoms. The molecule has 0 aliphatic heterocycles. The maximum Gasteiger partial charge on any atom is 0.418 e. The number of halogens is 3. The second-order valence-electron chi connectivity index (χ2n) is 5.71. The molecule has 0 aliphatic carbocycles. The maximum absolute atomic E-state index is 13.1. The summed E-state index contributed by atoms with van der Waals surface area (Å²) in [6.45, 7) is 1.96. The summed E-state index contributed by atoms with van der Waals surface area (Å²) in [5.74, 6) is 0.607. The number of nitrogens with one attached hydrogen (secondary N) is 2. The minimum absolute atomic E-state index is 0.0473. The van der Waals surface area contributed by atoms with Crippen molar-refractivity contribution in [3.63, 3.8) is 0 Å². The highest BCUT2D eigenvalue weighted by Crippen LogP contribution is 2.35. The van der Waals surface area contributed by atoms with E-state index in [1.165, 1.54) is 30.5 Å². The third kappa shape index (κ3) is 4.30. The molecule has 2 N–H and O–H groups in total. The molecular weight excluding hydrogens is 341 g/mol. The van der Waals surface area contributed by atoms with Crippen LogP contribution in [0.4, 0.5) is 30.6 Å². The molecule has 1 unspecified atom stereocenters. The van der Waals surface area contributed by atoms with Crippen molar-refractivity contribution in [1.29, 1.82) is 0 Å². The molecule has 3 rings (SSSR count). The number of anilines is 3. The van der Waals surface area contributed by atoms with Crippen LogP contribution in [-0.2, 0) is 6.18 Å². The Bertz CT molecular complexity index is 866. The highest BCUT2D eigenvalue weighted by Gasteiger charge is 2.33. The van der Waals surface area contributed by atoms with Crippen molar-refractivity contribution in [3.8, 4) is 0 Å². The second-order valence-corrected chi connectivity index (χ2v) is 5.71. The fourth-order valence-corrected chi connectivity index (χ4v) is 2.49. The number of para-hydroxylation sites is 1. The van der Waals surface area contributed by atoms with Crippen molar-refractivity contribution in [1.82, 2.24) is 9.97 Å². The fourth-order valence-electron chi connectivity index (χ4n) is 2.49. The summed E-state index contributed by atoms with van der Waals surface area (Å²) >= 11 is 0. The molecule has 0 saturated carbocycles. The van der Waals surface area contributed by atoms with E-state index in [0.717, 1.165) is 11.6 Å². The third-order valence-electron chi connectivity index (χ3n) is 3.80. The van der Waals surface area contributed by atoms with Crippen LogP contribution in [0.2, 0.25) is 0 Å². The van der Waals surface area contributed by atoms with E-state index < -0.39 is 11.7 Å². The molecule has 4 nitrogen and oxygen atoms in total. The van der Waals surface area contributed by atoms with Crippen molar-refractivity contribution >= 4 is 17.5 Å². The van der Waals surface area contributed by atoms with E-state index in [-0.39, 0.29) is 17.5 Å². The standard InChI is InChI=1S/C19H17F3N4/c1-13(14-7-3-2-4-8-14)24-18-23-12-11-17(26-18)25-16-10-6-5-9-15(16)19(20,21)22/h2-13H,1H3,(H2,23,24,25,26). The van der Waals surface area contributed by atoms with Gasteiger partial charge < -0.3 is 10.6 Å². The zero-order chi connectivity index (χ0) is 18.6. The van der Waals surface area contributed by atoms with Crippen LogP contribution in [0.3, 0.4) is 0 Å². The Balaban J connectivity index is 1.79. The van der Waals surface area contributed by atoms with Crippen LogP contribution in [-0.4, -0.2) is 9.97 Å². The van der Waals surface area contributed by atoms with Crippen LogP contribution in [0.5, 0.6) is 0 Å². The van der Waals surface area contributed by atoms with Crippen LogP contribution >= 0.6 is 0 Å². The predicted molar refractivity (Wildman–Crippen MR) is 95.2 cm³/mol. The number of hydrogen-bond acceptors (Lipinski definition) is 4. The van der Waals surface area contributed by atoms with Gasteiger partial charge in [0.25, 0.3) is 0 Å². The maximum atomic E-state index is 13.1. The highest BCUT2D eigenvalue weighted by atomic mass is 19.4. The normalized spacial score (nSPS) is 12.5. The lowest BCUT2D eigenvalue weighted by Gasteiger charge is -2.16. The summed E-state index contributed by atoms with van der Waals surface area (Å²) in [5, 5.41) is 5.87. The number of rotatable bonds is 5. The summed E-state index contributed by atoms with van der Waals surface area (Å²) < 4.78 is 39.3. The van der Waals surface area contributed by atoms with Crippen LogP contribution in [0.1, 0.15) is 24.1 Å². The molecule has 1 aromatic heterocycles. The molecule has 0 saturated heterocycles. The van der Waals surface area contributed by atoms with Gasteiger partial charge in [-0.15, -0.1) is 0 Å². The predicted octanol–water partition coefficient (Wildman–Crippen LogP) is 5.41. The van der Waals surface area contributed by atoms with E-state index >= 15 is 0 Å². The molecule has 0 radical (unpaired) electrons. The fraction of sp³-hybridized carbons (Fsp3) is 0.158. The van der Waals surface area contributed by atoms with Crippen LogP contribution in [0.15, 0.2) is 66.9 Å². The highest BCUT2D eigenvalue weighted by molar-refractivity contribution is 5.62. The lowest BCUT2D eigenvalue weighted by Crippen LogP contribution is -2.11. The zero-order valence-electron chi connectivity index (χ0n) is 14.0. The average Bonchev–Trinajstić information content (AvgIpc) is 2.62. The molecule has 1 atom stereocenters. The van der Waals surface area contributed by atoms with Crippen molar-refractivity contribution in [2.75, 3.05) is 10.6 Å². The van der Waals surface area contributed by atoms with Crippen molar-refractivity contribution in [2.45, 2.75) is 19.1 Å². The van der Waals surface area contributed by atoms with Gasteiger partial charge in [0.05, 0.1) is 17.3 Å². The quantitative estimate of drug-likeness (QED) is 0.640. The lowest BCUT2D eigenvalue weighted by molar-refractivity contribution is -0.136. The molecule has 0 spiro atoms. The molecule has 3 aromatic rings. The van der Waals surface area contributed by atoms with E-state index in [1.54, 1.807) is 0 Å². The van der Waals surface area contributed by atoms with Crippen molar-refractivity contribution < 1.29 is 13.2 Å². The molecule has 0 amide bonds. The smallest absolute Gasteiger partial charge is 0.348 e. The average molecular weight is 358 g/mol. The van der Waals surface area contributed by atoms with E-state index in [4.69, 9.17) is 0 Å². The Kier molecular flexibility index (Phi) is 5.06. The Morgan fingerprint density at radius 2 is 1.62 bits per heavy atom. The molecule has 0 fully saturated rings. The lowest BCUT2D eigenvalue weighted by atomic mass is 10.1. The van der Waals surface area contributed by atoms with E-state index in [9.17, 15) is 13.2 Å². The Morgan fingerprint density at radius 1 is 0.923 bits per heavy atom. The van der Waals surface area contributed by atoms with Crippen molar-refractivity contribution in [3.05, 3.63) is 78.0 Å². The van der Waals surface area contributed by atoms with Crippen LogP contribution in [0, 0.1) is 0 Å². The number of benzene rings is 2. The summed E-state index contributed by atoms with van der Waals surface area (Å²) in [5.41, 5.74) is 0.253. The summed E-state index contributed by atoms with van der Waals surface area (Å²) in [7, 11) is 0. The topological polar surface area (TPSA) is 49.8 Å². The molecule has 1 heterocycles. The molecule has 0 aliphatic rings. The van der Waals surface area contributed by atoms with Gasteiger partial charge in [-0.05, 0) is 30.7 Å². The molecule has 26 heavy (non-hydrogen) atoms. The van der Waals surface area contributed by atoms with Crippen molar-refractivity contribution in [2.24, 2.45) is 0 Å². The summed E-state index contributed by atoms with van der Waals surface area (Å²) in [4.78, 5) is 8.39. The Labute approximate surface area is 149 Å². The van der Waals surface area contributed by atoms with Gasteiger partial charge in [0, 0.05) is 6.20 Å². The first-order chi connectivity index (χ1) is 12.4. The van der Waals surface area contributed by atoms with Gasteiger partial charge in [0.1, 0.15) is 5.82 Å². The minimum atomic E-state index is -4.44. The van der Waals surface area contributed by atoms with Gasteiger partial charge in [-0.1, -0.05) is 42.5 Å². The van der Waals surface area contributed by atoms with E-state index in [2.05, 4.69) is 20.6 Å². The monoisotopic (exact) mass is 358 g/mol. The van der Waals surface area contributed by atoms with E-state index in [0.29, 0.717) is 5.95 Å². The number of nitrogens with zero attached hydrogens (tertiary/aromatic N) is 2. The SMILES string of the molecule is CC(Nc1nccc(Nc2ccccc2C(F)(F)F)n1)c1ccccc1. The third-order valence-corrected chi connectivity index (χ3v) is 3.80. The molecule has 134 valence electrons. The largest absolute Gasteiger partial charge is 0.418 e. The second kappa shape index (κ2) is 7.43. The molecule has 7 heteroatoms. The molecule has 2 aromatic carbocycles. The summed E-state index contributed by atoms with van der Waals surface area (Å²) in [6.07, 6.45) is -2.95. The van der Waals surface area contributed by atoms with Gasteiger partial charge in [0.2, 0.25) is 5.95 Å². The van der Waals surface area contributed by atoms with Crippen LogP contribution < -0.4 is 10.6 Å². The van der Waals surface area contributed by atoms with Gasteiger partial charge in [-0.3, -0.25) is 0 Å². The first kappa shape index (κ1) is 17.7. The number of aromatic nitrogens is 2. The van der Waals surface area contributed by atoms with Crippen LogP contribution in [0.25, 0.3) is 0 Å². The van der Waals surface area contributed by atoms with Gasteiger partial charge in [-0.25, -0.2) is 4.98 Å². The number of alkyl halides is 3. The summed E-state index contributed by atoms with van der Waals surface area (Å²) in [6, 6.07) is 16.5. The van der Waals surface area contributed by atoms with E-state index in [1.807, 2.05) is 37.3 Å². The first-order valence-electron chi connectivity index (χ1n) is 8.01. The zero-order valence-corrected chi connectivity index (χ0v) is 14.0. The van der Waals surface area contributed by atoms with Gasteiger partial charge >= 0.3 is 6.18 Å². The Morgan fingerprint density at radius 3 is 2.35 bits per heavy atom. The molecular formula is C19H17F3N4. The minimum Gasteiger partial charge on any atom is -0.348 e. The first-order valence-corrected chi connectivity index (χ1v) is 8.01. The van der Waals surface area contributed by atoms with Gasteiger partial charge in [0.15, 0.2) is 0 Å².